The van der Waals surface area contributed by atoms with Gasteiger partial charge in [0.1, 0.15) is 0 Å². The molecule has 4 N–H and O–H groups in total. The second-order valence-corrected chi connectivity index (χ2v) is 9.05. The normalized spacial score (nSPS) is 18.3. The van der Waals surface area contributed by atoms with Crippen LogP contribution in [0.15, 0.2) is 12.1 Å². The van der Waals surface area contributed by atoms with E-state index < -0.39 is 22.8 Å². The van der Waals surface area contributed by atoms with Crippen LogP contribution in [0.4, 0.5) is 0 Å². The smallest absolute Gasteiger partial charge is 0.309 e. The molecule has 0 atom stereocenters. The van der Waals surface area contributed by atoms with E-state index in [4.69, 9.17) is 0 Å². The molecule has 0 saturated heterocycles. The molecule has 29 heavy (non-hydrogen) atoms. The summed E-state index contributed by atoms with van der Waals surface area (Å²) in [6, 6.07) is 3.25. The number of benzene rings is 1. The van der Waals surface area contributed by atoms with Crippen LogP contribution >= 0.6 is 0 Å². The number of carboxylic acid groups (broad SMARTS) is 2. The monoisotopic (exact) mass is 404 g/mol. The number of phenols is 2. The van der Waals surface area contributed by atoms with Gasteiger partial charge in [0.15, 0.2) is 11.5 Å². The van der Waals surface area contributed by atoms with E-state index in [1.54, 1.807) is 12.1 Å². The highest BCUT2D eigenvalue weighted by molar-refractivity contribution is 5.78. The van der Waals surface area contributed by atoms with E-state index in [0.29, 0.717) is 6.42 Å². The highest BCUT2D eigenvalue weighted by Gasteiger charge is 2.49. The van der Waals surface area contributed by atoms with Gasteiger partial charge in [0.05, 0.1) is 10.8 Å². The quantitative estimate of drug-likeness (QED) is 0.281. The van der Waals surface area contributed by atoms with Crippen molar-refractivity contribution in [1.29, 1.82) is 0 Å². The van der Waals surface area contributed by atoms with Crippen LogP contribution in [0.2, 0.25) is 0 Å². The van der Waals surface area contributed by atoms with Gasteiger partial charge in [-0.25, -0.2) is 0 Å². The highest BCUT2D eigenvalue weighted by Crippen LogP contribution is 2.50. The lowest BCUT2D eigenvalue weighted by molar-refractivity contribution is -0.144. The van der Waals surface area contributed by atoms with Crippen molar-refractivity contribution in [3.8, 4) is 11.5 Å². The van der Waals surface area contributed by atoms with E-state index in [2.05, 4.69) is 0 Å². The summed E-state index contributed by atoms with van der Waals surface area (Å²) >= 11 is 0. The lowest BCUT2D eigenvalue weighted by atomic mass is 9.93. The van der Waals surface area contributed by atoms with Crippen LogP contribution in [0.1, 0.15) is 81.8 Å². The Morgan fingerprint density at radius 2 is 1.07 bits per heavy atom. The molecule has 6 heteroatoms. The fraction of sp³-hybridized carbons (Fsp3) is 0.652. The van der Waals surface area contributed by atoms with E-state index in [-0.39, 0.29) is 11.5 Å². The van der Waals surface area contributed by atoms with Gasteiger partial charge < -0.3 is 20.4 Å². The Morgan fingerprint density at radius 3 is 1.45 bits per heavy atom. The van der Waals surface area contributed by atoms with Crippen molar-refractivity contribution in [2.45, 2.75) is 83.5 Å². The fourth-order valence-corrected chi connectivity index (χ4v) is 4.31. The molecule has 0 spiro atoms. The van der Waals surface area contributed by atoms with Gasteiger partial charge in [-0.2, -0.15) is 0 Å². The minimum atomic E-state index is -0.684. The van der Waals surface area contributed by atoms with Gasteiger partial charge in [-0.1, -0.05) is 19.3 Å². The molecular weight excluding hydrogens is 372 g/mol. The van der Waals surface area contributed by atoms with Crippen LogP contribution in [-0.2, 0) is 22.4 Å². The summed E-state index contributed by atoms with van der Waals surface area (Å²) in [4.78, 5) is 22.5. The Bertz CT molecular complexity index is 761. The minimum Gasteiger partial charge on any atom is -0.504 e. The van der Waals surface area contributed by atoms with Gasteiger partial charge >= 0.3 is 11.9 Å². The molecule has 160 valence electrons. The average Bonchev–Trinajstić information content (AvgIpc) is 3.57. The number of rotatable bonds is 13. The first-order chi connectivity index (χ1) is 13.8. The number of aliphatic carboxylic acids is 2. The van der Waals surface area contributed by atoms with Crippen molar-refractivity contribution in [3.63, 3.8) is 0 Å². The van der Waals surface area contributed by atoms with Crippen molar-refractivity contribution < 1.29 is 30.0 Å². The molecule has 6 nitrogen and oxygen atoms in total. The topological polar surface area (TPSA) is 115 Å². The fourth-order valence-electron chi connectivity index (χ4n) is 4.31. The summed E-state index contributed by atoms with van der Waals surface area (Å²) < 4.78 is 0. The van der Waals surface area contributed by atoms with Gasteiger partial charge in [-0.15, -0.1) is 0 Å². The molecule has 1 aromatic carbocycles. The maximum Gasteiger partial charge on any atom is 0.309 e. The van der Waals surface area contributed by atoms with Gasteiger partial charge in [-0.05, 0) is 87.5 Å². The predicted molar refractivity (Wildman–Crippen MR) is 108 cm³/mol. The number of carboxylic acids is 2. The highest BCUT2D eigenvalue weighted by atomic mass is 16.4. The molecule has 0 unspecified atom stereocenters. The van der Waals surface area contributed by atoms with Crippen LogP contribution in [0.5, 0.6) is 11.5 Å². The third kappa shape index (κ3) is 5.22. The Balaban J connectivity index is 1.45. The summed E-state index contributed by atoms with van der Waals surface area (Å²) in [7, 11) is 0. The Hall–Kier alpha value is -2.24. The zero-order valence-corrected chi connectivity index (χ0v) is 17.0. The third-order valence-corrected chi connectivity index (χ3v) is 6.86. The molecule has 2 aliphatic carbocycles. The molecule has 3 rings (SSSR count). The molecule has 0 aliphatic heterocycles. The van der Waals surface area contributed by atoms with E-state index >= 15 is 0 Å². The summed E-state index contributed by atoms with van der Waals surface area (Å²) in [6.07, 6.45) is 10.5. The van der Waals surface area contributed by atoms with E-state index in [1.165, 1.54) is 0 Å². The second kappa shape index (κ2) is 8.64. The van der Waals surface area contributed by atoms with Crippen molar-refractivity contribution in [2.24, 2.45) is 10.8 Å². The van der Waals surface area contributed by atoms with E-state index in [0.717, 1.165) is 88.2 Å². The van der Waals surface area contributed by atoms with Gasteiger partial charge in [0.25, 0.3) is 0 Å². The Labute approximate surface area is 171 Å². The largest absolute Gasteiger partial charge is 0.504 e. The first-order valence-corrected chi connectivity index (χ1v) is 10.8. The zero-order valence-electron chi connectivity index (χ0n) is 17.0. The number of unbranched alkanes of at least 4 members (excludes halogenated alkanes) is 3. The molecule has 2 fully saturated rings. The summed E-state index contributed by atoms with van der Waals surface area (Å²) in [6.45, 7) is 0. The number of phenolic OH excluding ortho intramolecular Hbond substituents is 2. The first-order valence-electron chi connectivity index (χ1n) is 10.8. The molecule has 0 amide bonds. The summed E-state index contributed by atoms with van der Waals surface area (Å²) in [5.74, 6) is -1.59. The average molecular weight is 405 g/mol. The van der Waals surface area contributed by atoms with Crippen LogP contribution in [0.25, 0.3) is 0 Å². The molecule has 2 saturated carbocycles. The first kappa shape index (κ1) is 21.5. The van der Waals surface area contributed by atoms with Crippen molar-refractivity contribution in [2.75, 3.05) is 0 Å². The molecule has 0 heterocycles. The van der Waals surface area contributed by atoms with Crippen LogP contribution in [0, 0.1) is 10.8 Å². The second-order valence-electron chi connectivity index (χ2n) is 9.05. The SMILES string of the molecule is O=C(O)C1(CCCCCc2cc(O)c(O)cc2CCCCC2(C(=O)O)CC2)CC1. The number of carbonyl (C=O) groups is 2. The zero-order chi connectivity index (χ0) is 21.1. The third-order valence-electron chi connectivity index (χ3n) is 6.86. The number of aromatic hydroxyl groups is 2. The molecule has 1 aromatic rings. The molecular formula is C23H32O6. The molecule has 0 aromatic heterocycles. The number of hydrogen-bond donors (Lipinski definition) is 4. The van der Waals surface area contributed by atoms with Crippen molar-refractivity contribution >= 4 is 11.9 Å². The van der Waals surface area contributed by atoms with Gasteiger partial charge in [0, 0.05) is 0 Å². The van der Waals surface area contributed by atoms with Crippen LogP contribution in [0.3, 0.4) is 0 Å². The van der Waals surface area contributed by atoms with E-state index in [9.17, 15) is 30.0 Å². The molecule has 0 radical (unpaired) electrons. The summed E-state index contributed by atoms with van der Waals surface area (Å²) in [5, 5.41) is 38.2. The maximum absolute atomic E-state index is 11.3. The van der Waals surface area contributed by atoms with Crippen LogP contribution in [-0.4, -0.2) is 32.4 Å². The lowest BCUT2D eigenvalue weighted by Crippen LogP contribution is -2.14. The molecule has 2 aliphatic rings. The van der Waals surface area contributed by atoms with Gasteiger partial charge in [-0.3, -0.25) is 9.59 Å². The standard InChI is InChI=1S/C23H32O6/c24-18-14-16(6-2-1-4-8-22(10-11-22)20(26)27)17(15-19(18)25)7-3-5-9-23(12-13-23)21(28)29/h14-15,24-25H,1-13H2,(H,26,27)(H,28,29). The van der Waals surface area contributed by atoms with Crippen molar-refractivity contribution in [1.82, 2.24) is 0 Å². The number of aryl methyl sites for hydroxylation is 2. The Morgan fingerprint density at radius 1 is 0.690 bits per heavy atom. The number of hydrogen-bond acceptors (Lipinski definition) is 4. The van der Waals surface area contributed by atoms with E-state index in [1.807, 2.05) is 0 Å². The Kier molecular flexibility index (Phi) is 6.39. The summed E-state index contributed by atoms with van der Waals surface area (Å²) in [5.41, 5.74) is 1.06. The van der Waals surface area contributed by atoms with Crippen molar-refractivity contribution in [3.05, 3.63) is 23.3 Å². The van der Waals surface area contributed by atoms with Crippen LogP contribution < -0.4 is 0 Å². The molecule has 0 bridgehead atoms. The predicted octanol–water partition coefficient (Wildman–Crippen LogP) is 4.64. The maximum atomic E-state index is 11.3. The minimum absolute atomic E-state index is 0.116. The lowest BCUT2D eigenvalue weighted by Gasteiger charge is -2.13. The van der Waals surface area contributed by atoms with Gasteiger partial charge in [0.2, 0.25) is 0 Å².